The average molecular weight is 428 g/mol. The number of para-hydroxylation sites is 1. The molecule has 0 heterocycles. The van der Waals surface area contributed by atoms with Gasteiger partial charge in [0, 0.05) is 24.7 Å². The topological polar surface area (TPSA) is 111 Å². The summed E-state index contributed by atoms with van der Waals surface area (Å²) in [6.45, 7) is 2.57. The largest absolute Gasteiger partial charge is 0.494 e. The molecule has 0 radical (unpaired) electrons. The lowest BCUT2D eigenvalue weighted by atomic mass is 10.1. The van der Waals surface area contributed by atoms with E-state index in [1.807, 2.05) is 30.3 Å². The zero-order valence-corrected chi connectivity index (χ0v) is 17.3. The van der Waals surface area contributed by atoms with Crippen molar-refractivity contribution in [2.24, 2.45) is 11.7 Å². The highest BCUT2D eigenvalue weighted by atomic mass is 35.5. The van der Waals surface area contributed by atoms with Crippen molar-refractivity contribution >= 4 is 34.0 Å². The van der Waals surface area contributed by atoms with Gasteiger partial charge in [0.15, 0.2) is 0 Å². The fourth-order valence-electron chi connectivity index (χ4n) is 2.28. The number of carbonyl (C=O) groups is 1. The minimum atomic E-state index is -3.65. The molecule has 1 atom stereocenters. The van der Waals surface area contributed by atoms with Gasteiger partial charge in [-0.05, 0) is 36.8 Å². The van der Waals surface area contributed by atoms with Crippen LogP contribution in [0.4, 0.5) is 5.69 Å². The Bertz CT molecular complexity index is 847. The number of halogens is 1. The predicted molar refractivity (Wildman–Crippen MR) is 112 cm³/mol. The van der Waals surface area contributed by atoms with Crippen molar-refractivity contribution in [3.05, 3.63) is 54.6 Å². The number of ether oxygens (including phenoxy) is 1. The Kier molecular flexibility index (Phi) is 9.95. The van der Waals surface area contributed by atoms with Gasteiger partial charge in [-0.3, -0.25) is 4.79 Å². The molecule has 7 nitrogen and oxygen atoms in total. The highest BCUT2D eigenvalue weighted by Gasteiger charge is 2.16. The predicted octanol–water partition coefficient (Wildman–Crippen LogP) is 2.39. The number of amides is 1. The third kappa shape index (κ3) is 7.47. The minimum absolute atomic E-state index is 0. The molecule has 0 bridgehead atoms. The van der Waals surface area contributed by atoms with Crippen molar-refractivity contribution in [3.63, 3.8) is 0 Å². The van der Waals surface area contributed by atoms with E-state index in [1.54, 1.807) is 19.1 Å². The van der Waals surface area contributed by atoms with Gasteiger partial charge >= 0.3 is 0 Å². The molecule has 2 rings (SSSR count). The van der Waals surface area contributed by atoms with Crippen molar-refractivity contribution in [1.82, 2.24) is 4.72 Å². The van der Waals surface area contributed by atoms with E-state index in [-0.39, 0.29) is 42.2 Å². The molecule has 0 aliphatic heterocycles. The molecule has 9 heteroatoms. The molecule has 0 saturated heterocycles. The first-order valence-electron chi connectivity index (χ1n) is 8.71. The molecule has 2 aromatic rings. The fraction of sp³-hybridized carbons (Fsp3) is 0.316. The molecular formula is C19H26ClN3O4S. The number of carbonyl (C=O) groups excluding carboxylic acids is 1. The quantitative estimate of drug-likeness (QED) is 0.539. The first-order chi connectivity index (χ1) is 12.9. The second kappa shape index (κ2) is 11.7. The molecular weight excluding hydrogens is 402 g/mol. The fourth-order valence-corrected chi connectivity index (χ4v) is 3.38. The zero-order valence-electron chi connectivity index (χ0n) is 15.6. The number of nitrogens with one attached hydrogen (secondary N) is 2. The van der Waals surface area contributed by atoms with Crippen LogP contribution in [0.1, 0.15) is 13.3 Å². The van der Waals surface area contributed by atoms with E-state index in [0.29, 0.717) is 18.7 Å². The second-order valence-corrected chi connectivity index (χ2v) is 7.82. The molecule has 1 amide bonds. The summed E-state index contributed by atoms with van der Waals surface area (Å²) in [6, 6.07) is 15.5. The lowest BCUT2D eigenvalue weighted by molar-refractivity contribution is -0.119. The summed E-state index contributed by atoms with van der Waals surface area (Å²) < 4.78 is 32.3. The monoisotopic (exact) mass is 427 g/mol. The first-order valence-corrected chi connectivity index (χ1v) is 10.2. The van der Waals surface area contributed by atoms with Gasteiger partial charge in [0.2, 0.25) is 15.9 Å². The molecule has 0 saturated carbocycles. The molecule has 28 heavy (non-hydrogen) atoms. The van der Waals surface area contributed by atoms with Crippen LogP contribution >= 0.6 is 12.4 Å². The van der Waals surface area contributed by atoms with Crippen LogP contribution in [0.25, 0.3) is 0 Å². The molecule has 4 N–H and O–H groups in total. The second-order valence-electron chi connectivity index (χ2n) is 6.05. The molecule has 2 aromatic carbocycles. The van der Waals surface area contributed by atoms with Crippen LogP contribution in [-0.4, -0.2) is 34.0 Å². The van der Waals surface area contributed by atoms with Crippen molar-refractivity contribution in [2.45, 2.75) is 18.2 Å². The lowest BCUT2D eigenvalue weighted by Gasteiger charge is -2.14. The summed E-state index contributed by atoms with van der Waals surface area (Å²) in [5.74, 6) is 0.272. The number of hydrogen-bond donors (Lipinski definition) is 3. The van der Waals surface area contributed by atoms with Crippen LogP contribution in [0, 0.1) is 5.92 Å². The van der Waals surface area contributed by atoms with Crippen LogP contribution in [-0.2, 0) is 14.8 Å². The van der Waals surface area contributed by atoms with Gasteiger partial charge in [-0.15, -0.1) is 12.4 Å². The van der Waals surface area contributed by atoms with E-state index in [4.69, 9.17) is 10.5 Å². The maximum absolute atomic E-state index is 12.3. The van der Waals surface area contributed by atoms with E-state index >= 15 is 0 Å². The molecule has 0 fully saturated rings. The number of nitrogens with two attached hydrogens (primary N) is 1. The van der Waals surface area contributed by atoms with Crippen LogP contribution in [0.15, 0.2) is 59.5 Å². The Hall–Kier alpha value is -2.13. The Morgan fingerprint density at radius 3 is 2.54 bits per heavy atom. The molecule has 0 spiro atoms. The Morgan fingerprint density at radius 2 is 1.86 bits per heavy atom. The van der Waals surface area contributed by atoms with E-state index in [0.717, 1.165) is 5.75 Å². The SMILES string of the molecule is CC(CCOc1ccccc1)C(=O)Nc1cccc(S(=O)(=O)NCCN)c1.Cl. The van der Waals surface area contributed by atoms with Gasteiger partial charge in [-0.2, -0.15) is 0 Å². The van der Waals surface area contributed by atoms with Crippen LogP contribution < -0.4 is 20.5 Å². The van der Waals surface area contributed by atoms with Gasteiger partial charge in [0.1, 0.15) is 5.75 Å². The minimum Gasteiger partial charge on any atom is -0.494 e. The summed E-state index contributed by atoms with van der Waals surface area (Å²) in [5, 5.41) is 2.75. The third-order valence-corrected chi connectivity index (χ3v) is 5.32. The van der Waals surface area contributed by atoms with Gasteiger partial charge in [-0.1, -0.05) is 31.2 Å². The van der Waals surface area contributed by atoms with Crippen molar-refractivity contribution in [2.75, 3.05) is 25.0 Å². The number of sulfonamides is 1. The zero-order chi connectivity index (χ0) is 19.7. The number of hydrogen-bond acceptors (Lipinski definition) is 5. The molecule has 1 unspecified atom stereocenters. The van der Waals surface area contributed by atoms with Gasteiger partial charge in [0.25, 0.3) is 0 Å². The van der Waals surface area contributed by atoms with Gasteiger partial charge in [0.05, 0.1) is 11.5 Å². The van der Waals surface area contributed by atoms with Crippen LogP contribution in [0.3, 0.4) is 0 Å². The lowest BCUT2D eigenvalue weighted by Crippen LogP contribution is -2.29. The summed E-state index contributed by atoms with van der Waals surface area (Å²) in [4.78, 5) is 12.4. The summed E-state index contributed by atoms with van der Waals surface area (Å²) in [6.07, 6.45) is 0.538. The van der Waals surface area contributed by atoms with E-state index in [9.17, 15) is 13.2 Å². The Morgan fingerprint density at radius 1 is 1.14 bits per heavy atom. The van der Waals surface area contributed by atoms with Crippen molar-refractivity contribution in [1.29, 1.82) is 0 Å². The van der Waals surface area contributed by atoms with Crippen LogP contribution in [0.2, 0.25) is 0 Å². The highest BCUT2D eigenvalue weighted by molar-refractivity contribution is 7.89. The number of anilines is 1. The maximum Gasteiger partial charge on any atom is 0.240 e. The molecule has 0 aliphatic carbocycles. The summed E-state index contributed by atoms with van der Waals surface area (Å²) in [7, 11) is -3.65. The number of rotatable bonds is 10. The van der Waals surface area contributed by atoms with Gasteiger partial charge < -0.3 is 15.8 Å². The molecule has 0 aliphatic rings. The van der Waals surface area contributed by atoms with Crippen LogP contribution in [0.5, 0.6) is 5.75 Å². The standard InChI is InChI=1S/C19H25N3O4S.ClH/c1-15(10-13-26-17-7-3-2-4-8-17)19(23)22-16-6-5-9-18(14-16)27(24,25)21-12-11-20;/h2-9,14-15,21H,10-13,20H2,1H3,(H,22,23);1H. The molecule has 154 valence electrons. The average Bonchev–Trinajstić information content (AvgIpc) is 2.67. The van der Waals surface area contributed by atoms with Crippen molar-refractivity contribution < 1.29 is 17.9 Å². The normalized spacial score (nSPS) is 11.9. The van der Waals surface area contributed by atoms with Gasteiger partial charge in [-0.25, -0.2) is 13.1 Å². The molecule has 0 aromatic heterocycles. The summed E-state index contributed by atoms with van der Waals surface area (Å²) in [5.41, 5.74) is 5.75. The number of benzene rings is 2. The van der Waals surface area contributed by atoms with Crippen molar-refractivity contribution in [3.8, 4) is 5.75 Å². The first kappa shape index (κ1) is 23.9. The highest BCUT2D eigenvalue weighted by Crippen LogP contribution is 2.17. The van der Waals surface area contributed by atoms with E-state index in [2.05, 4.69) is 10.0 Å². The Labute approximate surface area is 172 Å². The van der Waals surface area contributed by atoms with E-state index in [1.165, 1.54) is 12.1 Å². The Balaban J connectivity index is 0.00000392. The maximum atomic E-state index is 12.3. The summed E-state index contributed by atoms with van der Waals surface area (Å²) >= 11 is 0. The third-order valence-electron chi connectivity index (χ3n) is 3.86. The smallest absolute Gasteiger partial charge is 0.240 e. The van der Waals surface area contributed by atoms with E-state index < -0.39 is 10.0 Å².